The molecule has 1 rings (SSSR count). The molecule has 1 heterocycles. The highest BCUT2D eigenvalue weighted by atomic mass is 16.5. The fourth-order valence-corrected chi connectivity index (χ4v) is 1.05. The maximum absolute atomic E-state index is 11.0. The van der Waals surface area contributed by atoms with Crippen LogP contribution in [0.3, 0.4) is 0 Å². The number of aryl methyl sites for hydroxylation is 1. The van der Waals surface area contributed by atoms with E-state index in [0.717, 1.165) is 11.1 Å². The number of esters is 1. The number of ether oxygens (including phenoxy) is 1. The van der Waals surface area contributed by atoms with Crippen molar-refractivity contribution in [2.45, 2.75) is 20.3 Å². The second-order valence-electron chi connectivity index (χ2n) is 3.03. The van der Waals surface area contributed by atoms with Gasteiger partial charge in [-0.15, -0.1) is 0 Å². The molecular weight excluding hydrogens is 190 g/mol. The van der Waals surface area contributed by atoms with Gasteiger partial charge in [0.05, 0.1) is 6.61 Å². The van der Waals surface area contributed by atoms with Gasteiger partial charge in [-0.1, -0.05) is 11.8 Å². The molecule has 0 atom stereocenters. The van der Waals surface area contributed by atoms with Crippen molar-refractivity contribution < 1.29 is 9.53 Å². The minimum atomic E-state index is -0.286. The summed E-state index contributed by atoms with van der Waals surface area (Å²) in [6.45, 7) is 4.12. The highest BCUT2D eigenvalue weighted by molar-refractivity contribution is 5.72. The van der Waals surface area contributed by atoms with Gasteiger partial charge in [-0.3, -0.25) is 9.78 Å². The van der Waals surface area contributed by atoms with E-state index in [2.05, 4.69) is 16.8 Å². The third kappa shape index (κ3) is 4.28. The highest BCUT2D eigenvalue weighted by Crippen LogP contribution is 1.98. The van der Waals surface area contributed by atoms with Crippen molar-refractivity contribution in [3.8, 4) is 11.8 Å². The molecule has 1 aromatic rings. The summed E-state index contributed by atoms with van der Waals surface area (Å²) in [6, 6.07) is 1.92. The third-order valence-corrected chi connectivity index (χ3v) is 1.65. The van der Waals surface area contributed by atoms with Crippen molar-refractivity contribution in [1.29, 1.82) is 0 Å². The van der Waals surface area contributed by atoms with E-state index in [0.29, 0.717) is 6.61 Å². The average Bonchev–Trinajstić information content (AvgIpc) is 2.18. The Morgan fingerprint density at radius 1 is 1.53 bits per heavy atom. The summed E-state index contributed by atoms with van der Waals surface area (Å²) in [6.07, 6.45) is 3.56. The predicted octanol–water partition coefficient (Wildman–Crippen LogP) is 1.69. The van der Waals surface area contributed by atoms with Gasteiger partial charge in [-0.2, -0.15) is 0 Å². The van der Waals surface area contributed by atoms with Crippen molar-refractivity contribution in [3.05, 3.63) is 29.6 Å². The number of carbonyl (C=O) groups excluding carboxylic acids is 1. The molecule has 15 heavy (non-hydrogen) atoms. The molecule has 0 aliphatic heterocycles. The Balaban J connectivity index is 2.55. The van der Waals surface area contributed by atoms with Gasteiger partial charge in [0.1, 0.15) is 6.42 Å². The molecule has 0 bridgehead atoms. The molecular formula is C12H13NO2. The van der Waals surface area contributed by atoms with E-state index in [1.54, 1.807) is 19.3 Å². The first-order valence-corrected chi connectivity index (χ1v) is 4.78. The molecule has 0 aliphatic rings. The normalized spacial score (nSPS) is 8.93. The van der Waals surface area contributed by atoms with Crippen LogP contribution in [-0.4, -0.2) is 17.6 Å². The van der Waals surface area contributed by atoms with Crippen LogP contribution in [0.4, 0.5) is 0 Å². The van der Waals surface area contributed by atoms with Crippen LogP contribution in [0.2, 0.25) is 0 Å². The van der Waals surface area contributed by atoms with Crippen LogP contribution >= 0.6 is 0 Å². The van der Waals surface area contributed by atoms with Gasteiger partial charge in [0, 0.05) is 18.0 Å². The zero-order chi connectivity index (χ0) is 11.1. The lowest BCUT2D eigenvalue weighted by Gasteiger charge is -1.95. The summed E-state index contributed by atoms with van der Waals surface area (Å²) in [4.78, 5) is 15.0. The first-order valence-electron chi connectivity index (χ1n) is 4.78. The first-order chi connectivity index (χ1) is 7.22. The van der Waals surface area contributed by atoms with Gasteiger partial charge in [-0.25, -0.2) is 0 Å². The van der Waals surface area contributed by atoms with Crippen LogP contribution in [0.15, 0.2) is 18.5 Å². The first kappa shape index (κ1) is 11.3. The van der Waals surface area contributed by atoms with Gasteiger partial charge in [-0.05, 0) is 25.5 Å². The Morgan fingerprint density at radius 2 is 2.33 bits per heavy atom. The molecule has 3 nitrogen and oxygen atoms in total. The topological polar surface area (TPSA) is 39.2 Å². The average molecular weight is 203 g/mol. The van der Waals surface area contributed by atoms with Gasteiger partial charge >= 0.3 is 5.97 Å². The van der Waals surface area contributed by atoms with E-state index in [1.165, 1.54) is 0 Å². The van der Waals surface area contributed by atoms with Gasteiger partial charge < -0.3 is 4.74 Å². The molecule has 0 spiro atoms. The number of carbonyl (C=O) groups is 1. The molecule has 0 saturated carbocycles. The summed E-state index contributed by atoms with van der Waals surface area (Å²) in [5.74, 6) is 5.32. The maximum atomic E-state index is 11.0. The zero-order valence-electron chi connectivity index (χ0n) is 8.91. The van der Waals surface area contributed by atoms with E-state index in [1.807, 2.05) is 13.0 Å². The number of rotatable bonds is 2. The van der Waals surface area contributed by atoms with Crippen molar-refractivity contribution >= 4 is 5.97 Å². The number of aromatic nitrogens is 1. The minimum absolute atomic E-state index is 0.127. The predicted molar refractivity (Wildman–Crippen MR) is 57.1 cm³/mol. The summed E-state index contributed by atoms with van der Waals surface area (Å²) in [7, 11) is 0. The van der Waals surface area contributed by atoms with E-state index >= 15 is 0 Å². The van der Waals surface area contributed by atoms with Crippen molar-refractivity contribution in [1.82, 2.24) is 4.98 Å². The smallest absolute Gasteiger partial charge is 0.317 e. The Bertz CT molecular complexity index is 402. The van der Waals surface area contributed by atoms with Crippen LogP contribution in [0.25, 0.3) is 0 Å². The lowest BCUT2D eigenvalue weighted by atomic mass is 10.2. The van der Waals surface area contributed by atoms with Crippen molar-refractivity contribution in [2.24, 2.45) is 0 Å². The van der Waals surface area contributed by atoms with Crippen molar-refractivity contribution in [2.75, 3.05) is 6.61 Å². The molecule has 0 aliphatic carbocycles. The summed E-state index contributed by atoms with van der Waals surface area (Å²) in [5, 5.41) is 0. The van der Waals surface area contributed by atoms with E-state index in [9.17, 15) is 4.79 Å². The second kappa shape index (κ2) is 5.82. The largest absolute Gasteiger partial charge is 0.465 e. The van der Waals surface area contributed by atoms with Crippen LogP contribution in [-0.2, 0) is 9.53 Å². The molecule has 0 N–H and O–H groups in total. The van der Waals surface area contributed by atoms with E-state index in [-0.39, 0.29) is 12.4 Å². The number of hydrogen-bond acceptors (Lipinski definition) is 3. The molecule has 0 fully saturated rings. The van der Waals surface area contributed by atoms with Gasteiger partial charge in [0.15, 0.2) is 0 Å². The molecule has 1 aromatic heterocycles. The Labute approximate surface area is 89.5 Å². The van der Waals surface area contributed by atoms with Gasteiger partial charge in [0.2, 0.25) is 0 Å². The van der Waals surface area contributed by atoms with Crippen molar-refractivity contribution in [3.63, 3.8) is 0 Å². The monoisotopic (exact) mass is 203 g/mol. The maximum Gasteiger partial charge on any atom is 0.317 e. The highest BCUT2D eigenvalue weighted by Gasteiger charge is 1.96. The molecule has 0 saturated heterocycles. The van der Waals surface area contributed by atoms with Crippen LogP contribution in [0.1, 0.15) is 24.5 Å². The second-order valence-corrected chi connectivity index (χ2v) is 3.03. The molecule has 0 radical (unpaired) electrons. The Morgan fingerprint density at radius 3 is 3.00 bits per heavy atom. The fourth-order valence-electron chi connectivity index (χ4n) is 1.05. The summed E-state index contributed by atoms with van der Waals surface area (Å²) in [5.41, 5.74) is 1.87. The SMILES string of the molecule is CCOC(=O)CC#Cc1cncc(C)c1. The molecule has 78 valence electrons. The molecule has 0 unspecified atom stereocenters. The molecule has 0 aromatic carbocycles. The third-order valence-electron chi connectivity index (χ3n) is 1.65. The lowest BCUT2D eigenvalue weighted by Crippen LogP contribution is -2.01. The molecule has 3 heteroatoms. The molecule has 0 amide bonds. The number of hydrogen-bond donors (Lipinski definition) is 0. The Hall–Kier alpha value is -1.82. The summed E-state index contributed by atoms with van der Waals surface area (Å²) < 4.78 is 4.75. The lowest BCUT2D eigenvalue weighted by molar-refractivity contribution is -0.141. The quantitative estimate of drug-likeness (QED) is 0.542. The van der Waals surface area contributed by atoms with E-state index < -0.39 is 0 Å². The van der Waals surface area contributed by atoms with E-state index in [4.69, 9.17) is 4.74 Å². The Kier molecular flexibility index (Phi) is 4.36. The van der Waals surface area contributed by atoms with Crippen LogP contribution in [0.5, 0.6) is 0 Å². The fraction of sp³-hybridized carbons (Fsp3) is 0.333. The van der Waals surface area contributed by atoms with Gasteiger partial charge in [0.25, 0.3) is 0 Å². The standard InChI is InChI=1S/C12H13NO2/c1-3-15-12(14)6-4-5-11-7-10(2)8-13-9-11/h7-9H,3,6H2,1-2H3. The van der Waals surface area contributed by atoms with Crippen LogP contribution in [0, 0.1) is 18.8 Å². The number of nitrogens with zero attached hydrogens (tertiary/aromatic N) is 1. The van der Waals surface area contributed by atoms with Crippen LogP contribution < -0.4 is 0 Å². The number of pyridine rings is 1. The summed E-state index contributed by atoms with van der Waals surface area (Å²) >= 11 is 0. The zero-order valence-corrected chi connectivity index (χ0v) is 8.91. The minimum Gasteiger partial charge on any atom is -0.465 e.